The molecule has 0 amide bonds. The molecule has 58 valence electrons. The lowest BCUT2D eigenvalue weighted by molar-refractivity contribution is 0.596. The van der Waals surface area contributed by atoms with E-state index in [-0.39, 0.29) is 3.55 Å². The van der Waals surface area contributed by atoms with Crippen molar-refractivity contribution in [3.05, 3.63) is 29.6 Å². The SMILES string of the molecule is CC1(I)NCc2cccnc21. The lowest BCUT2D eigenvalue weighted by atomic mass is 10.2. The number of pyridine rings is 1. The molecule has 0 saturated heterocycles. The molecule has 2 rings (SSSR count). The van der Waals surface area contributed by atoms with E-state index < -0.39 is 0 Å². The lowest BCUT2D eigenvalue weighted by Crippen LogP contribution is -2.25. The van der Waals surface area contributed by atoms with Crippen LogP contribution >= 0.6 is 22.6 Å². The minimum atomic E-state index is 0.0361. The summed E-state index contributed by atoms with van der Waals surface area (Å²) < 4.78 is 0.0361. The predicted octanol–water partition coefficient (Wildman–Crippen LogP) is 1.79. The highest BCUT2D eigenvalue weighted by atomic mass is 127. The second-order valence-corrected chi connectivity index (χ2v) is 5.03. The van der Waals surface area contributed by atoms with Gasteiger partial charge in [-0.1, -0.05) is 28.7 Å². The topological polar surface area (TPSA) is 24.9 Å². The Morgan fingerprint density at radius 3 is 3.27 bits per heavy atom. The van der Waals surface area contributed by atoms with E-state index in [0.29, 0.717) is 0 Å². The zero-order chi connectivity index (χ0) is 7.90. The maximum atomic E-state index is 4.34. The van der Waals surface area contributed by atoms with Gasteiger partial charge >= 0.3 is 0 Å². The van der Waals surface area contributed by atoms with Gasteiger partial charge in [0, 0.05) is 12.7 Å². The van der Waals surface area contributed by atoms with Crippen molar-refractivity contribution in [2.45, 2.75) is 17.0 Å². The molecule has 1 aliphatic heterocycles. The number of nitrogens with zero attached hydrogens (tertiary/aromatic N) is 1. The van der Waals surface area contributed by atoms with Crippen molar-refractivity contribution in [1.29, 1.82) is 0 Å². The standard InChI is InChI=1S/C8H9IN2/c1-8(9)7-6(5-11-8)3-2-4-10-7/h2-4,11H,5H2,1H3. The molecule has 1 aliphatic rings. The normalized spacial score (nSPS) is 28.5. The zero-order valence-corrected chi connectivity index (χ0v) is 8.42. The summed E-state index contributed by atoms with van der Waals surface area (Å²) in [6.45, 7) is 3.09. The minimum Gasteiger partial charge on any atom is -0.294 e. The third-order valence-electron chi connectivity index (χ3n) is 1.95. The highest BCUT2D eigenvalue weighted by molar-refractivity contribution is 14.1. The monoisotopic (exact) mass is 260 g/mol. The Morgan fingerprint density at radius 1 is 1.73 bits per heavy atom. The van der Waals surface area contributed by atoms with Crippen LogP contribution in [0, 0.1) is 0 Å². The maximum absolute atomic E-state index is 4.34. The third kappa shape index (κ3) is 1.16. The fraction of sp³-hybridized carbons (Fsp3) is 0.375. The van der Waals surface area contributed by atoms with E-state index in [1.54, 1.807) is 0 Å². The highest BCUT2D eigenvalue weighted by Gasteiger charge is 2.31. The fourth-order valence-electron chi connectivity index (χ4n) is 1.35. The van der Waals surface area contributed by atoms with Crippen molar-refractivity contribution < 1.29 is 0 Å². The van der Waals surface area contributed by atoms with Crippen LogP contribution < -0.4 is 5.32 Å². The molecule has 0 aromatic carbocycles. The first-order valence-corrected chi connectivity index (χ1v) is 4.66. The molecule has 0 spiro atoms. The second-order valence-electron chi connectivity index (χ2n) is 2.87. The van der Waals surface area contributed by atoms with Crippen molar-refractivity contribution in [2.24, 2.45) is 0 Å². The van der Waals surface area contributed by atoms with Gasteiger partial charge < -0.3 is 0 Å². The van der Waals surface area contributed by atoms with E-state index >= 15 is 0 Å². The first kappa shape index (κ1) is 7.49. The molecule has 1 unspecified atom stereocenters. The predicted molar refractivity (Wildman–Crippen MR) is 52.4 cm³/mol. The Hall–Kier alpha value is -0.160. The van der Waals surface area contributed by atoms with Crippen LogP contribution in [0.5, 0.6) is 0 Å². The van der Waals surface area contributed by atoms with Crippen molar-refractivity contribution in [2.75, 3.05) is 0 Å². The first-order chi connectivity index (χ1) is 5.20. The molecular formula is C8H9IN2. The van der Waals surface area contributed by atoms with Gasteiger partial charge in [0.1, 0.15) is 3.55 Å². The number of aromatic nitrogens is 1. The van der Waals surface area contributed by atoms with Crippen LogP contribution in [-0.4, -0.2) is 4.98 Å². The van der Waals surface area contributed by atoms with Crippen molar-refractivity contribution in [1.82, 2.24) is 10.3 Å². The van der Waals surface area contributed by atoms with Gasteiger partial charge in [0.2, 0.25) is 0 Å². The molecule has 1 aromatic heterocycles. The Kier molecular flexibility index (Phi) is 1.64. The molecule has 2 nitrogen and oxygen atoms in total. The number of rotatable bonds is 0. The van der Waals surface area contributed by atoms with Gasteiger partial charge in [-0.2, -0.15) is 0 Å². The molecule has 0 bridgehead atoms. The summed E-state index contributed by atoms with van der Waals surface area (Å²) in [6.07, 6.45) is 1.85. The number of hydrogen-bond donors (Lipinski definition) is 1. The Morgan fingerprint density at radius 2 is 2.55 bits per heavy atom. The van der Waals surface area contributed by atoms with E-state index in [1.807, 2.05) is 12.3 Å². The van der Waals surface area contributed by atoms with Gasteiger partial charge in [0.25, 0.3) is 0 Å². The fourth-order valence-corrected chi connectivity index (χ4v) is 2.03. The summed E-state index contributed by atoms with van der Waals surface area (Å²) in [4.78, 5) is 4.34. The number of nitrogens with one attached hydrogen (secondary N) is 1. The molecular weight excluding hydrogens is 251 g/mol. The summed E-state index contributed by atoms with van der Waals surface area (Å²) in [5.41, 5.74) is 2.50. The van der Waals surface area contributed by atoms with E-state index in [4.69, 9.17) is 0 Å². The average Bonchev–Trinajstić information content (AvgIpc) is 2.29. The number of hydrogen-bond acceptors (Lipinski definition) is 2. The van der Waals surface area contributed by atoms with Crippen LogP contribution in [-0.2, 0) is 10.1 Å². The number of alkyl halides is 1. The van der Waals surface area contributed by atoms with Gasteiger partial charge in [-0.05, 0) is 18.6 Å². The Labute approximate surface area is 79.6 Å². The van der Waals surface area contributed by atoms with Crippen molar-refractivity contribution >= 4 is 22.6 Å². The molecule has 1 aromatic rings. The molecule has 1 N–H and O–H groups in total. The van der Waals surface area contributed by atoms with Crippen molar-refractivity contribution in [3.8, 4) is 0 Å². The molecule has 1 atom stereocenters. The Bertz CT molecular complexity index is 283. The number of fused-ring (bicyclic) bond motifs is 1. The van der Waals surface area contributed by atoms with E-state index in [0.717, 1.165) is 6.54 Å². The van der Waals surface area contributed by atoms with Gasteiger partial charge in [0.05, 0.1) is 5.69 Å². The third-order valence-corrected chi connectivity index (χ3v) is 2.84. The quantitative estimate of drug-likeness (QED) is 0.437. The van der Waals surface area contributed by atoms with Gasteiger partial charge in [0.15, 0.2) is 0 Å². The maximum Gasteiger partial charge on any atom is 0.111 e. The summed E-state index contributed by atoms with van der Waals surface area (Å²) in [5.74, 6) is 0. The Balaban J connectivity index is 2.56. The molecule has 2 heterocycles. The molecule has 3 heteroatoms. The van der Waals surface area contributed by atoms with Crippen LogP contribution in [0.2, 0.25) is 0 Å². The van der Waals surface area contributed by atoms with Gasteiger partial charge in [-0.25, -0.2) is 0 Å². The van der Waals surface area contributed by atoms with Crippen LogP contribution in [0.4, 0.5) is 0 Å². The van der Waals surface area contributed by atoms with Crippen LogP contribution in [0.15, 0.2) is 18.3 Å². The van der Waals surface area contributed by atoms with E-state index in [2.05, 4.69) is 45.9 Å². The highest BCUT2D eigenvalue weighted by Crippen LogP contribution is 2.34. The lowest BCUT2D eigenvalue weighted by Gasteiger charge is -2.15. The summed E-state index contributed by atoms with van der Waals surface area (Å²) in [5, 5.41) is 3.39. The largest absolute Gasteiger partial charge is 0.294 e. The average molecular weight is 260 g/mol. The smallest absolute Gasteiger partial charge is 0.111 e. The van der Waals surface area contributed by atoms with Crippen LogP contribution in [0.1, 0.15) is 18.2 Å². The van der Waals surface area contributed by atoms with Crippen LogP contribution in [0.25, 0.3) is 0 Å². The first-order valence-electron chi connectivity index (χ1n) is 3.58. The molecule has 11 heavy (non-hydrogen) atoms. The summed E-state index contributed by atoms with van der Waals surface area (Å²) in [6, 6.07) is 4.11. The van der Waals surface area contributed by atoms with E-state index in [1.165, 1.54) is 11.3 Å². The molecule has 0 aliphatic carbocycles. The summed E-state index contributed by atoms with van der Waals surface area (Å²) >= 11 is 2.38. The van der Waals surface area contributed by atoms with Gasteiger partial charge in [-0.3, -0.25) is 10.3 Å². The molecule has 0 saturated carbocycles. The minimum absolute atomic E-state index is 0.0361. The molecule has 0 fully saturated rings. The summed E-state index contributed by atoms with van der Waals surface area (Å²) in [7, 11) is 0. The zero-order valence-electron chi connectivity index (χ0n) is 6.26. The number of halogens is 1. The van der Waals surface area contributed by atoms with Crippen LogP contribution in [0.3, 0.4) is 0 Å². The second kappa shape index (κ2) is 2.42. The van der Waals surface area contributed by atoms with Gasteiger partial charge in [-0.15, -0.1) is 0 Å². The van der Waals surface area contributed by atoms with Crippen molar-refractivity contribution in [3.63, 3.8) is 0 Å². The molecule has 0 radical (unpaired) electrons. The van der Waals surface area contributed by atoms with E-state index in [9.17, 15) is 0 Å².